The molecule has 1 aromatic heterocycles. The number of anilines is 1. The van der Waals surface area contributed by atoms with E-state index in [1.165, 1.54) is 19.3 Å². The van der Waals surface area contributed by atoms with Crippen LogP contribution in [0.1, 0.15) is 10.5 Å². The highest BCUT2D eigenvalue weighted by Crippen LogP contribution is 2.07. The lowest BCUT2D eigenvalue weighted by Crippen LogP contribution is -2.19. The first-order valence-corrected chi connectivity index (χ1v) is 4.41. The fourth-order valence-electron chi connectivity index (χ4n) is 0.927. The molecule has 1 aromatic rings. The van der Waals surface area contributed by atoms with Crippen LogP contribution in [0.15, 0.2) is 18.3 Å². The van der Waals surface area contributed by atoms with E-state index in [-0.39, 0.29) is 11.6 Å². The van der Waals surface area contributed by atoms with Crippen molar-refractivity contribution in [2.24, 2.45) is 0 Å². The van der Waals surface area contributed by atoms with Crippen molar-refractivity contribution < 1.29 is 19.5 Å². The molecule has 0 saturated carbocycles. The smallest absolute Gasteiger partial charge is 0.332 e. The van der Waals surface area contributed by atoms with E-state index in [0.717, 1.165) is 0 Å². The van der Waals surface area contributed by atoms with E-state index in [4.69, 9.17) is 5.11 Å². The first-order chi connectivity index (χ1) is 7.63. The Hall–Kier alpha value is -2.15. The minimum atomic E-state index is -1.09. The number of aromatic nitrogens is 1. The largest absolute Gasteiger partial charge is 0.479 e. The lowest BCUT2D eigenvalue weighted by Gasteiger charge is -2.05. The first kappa shape index (κ1) is 11.9. The molecule has 16 heavy (non-hydrogen) atoms. The summed E-state index contributed by atoms with van der Waals surface area (Å²) in [5.74, 6) is -1.42. The number of amides is 1. The van der Waals surface area contributed by atoms with Crippen LogP contribution < -0.4 is 10.8 Å². The summed E-state index contributed by atoms with van der Waals surface area (Å²) >= 11 is 0. The number of carboxylic acid groups (broad SMARTS) is 1. The first-order valence-electron chi connectivity index (χ1n) is 4.41. The number of rotatable bonds is 5. The molecule has 0 saturated heterocycles. The number of carbonyl (C=O) groups is 2. The van der Waals surface area contributed by atoms with Crippen LogP contribution in [0.3, 0.4) is 0 Å². The van der Waals surface area contributed by atoms with Gasteiger partial charge in [0.15, 0.2) is 6.61 Å². The van der Waals surface area contributed by atoms with Crippen molar-refractivity contribution >= 4 is 17.6 Å². The molecule has 0 aromatic carbocycles. The minimum Gasteiger partial charge on any atom is -0.479 e. The van der Waals surface area contributed by atoms with Gasteiger partial charge < -0.3 is 10.4 Å². The molecule has 7 nitrogen and oxygen atoms in total. The molecule has 0 unspecified atom stereocenters. The third-order valence-corrected chi connectivity index (χ3v) is 1.61. The standard InChI is InChI=1S/C9H11N3O4/c1-10-9(15)7-4-6(2-3-11-7)12-16-5-8(13)14/h2-4H,5H2,1H3,(H,10,15)(H,11,12)(H,13,14). The summed E-state index contributed by atoms with van der Waals surface area (Å²) in [5, 5.41) is 10.7. The van der Waals surface area contributed by atoms with Gasteiger partial charge in [-0.1, -0.05) is 0 Å². The molecule has 1 amide bonds. The monoisotopic (exact) mass is 225 g/mol. The summed E-state index contributed by atoms with van der Waals surface area (Å²) in [6.45, 7) is -0.475. The lowest BCUT2D eigenvalue weighted by atomic mass is 10.3. The summed E-state index contributed by atoms with van der Waals surface area (Å²) in [5.41, 5.74) is 3.06. The van der Waals surface area contributed by atoms with Crippen LogP contribution in [0.2, 0.25) is 0 Å². The van der Waals surface area contributed by atoms with Crippen LogP contribution in [-0.2, 0) is 9.63 Å². The van der Waals surface area contributed by atoms with Gasteiger partial charge in [0.25, 0.3) is 5.91 Å². The van der Waals surface area contributed by atoms with Gasteiger partial charge in [-0.25, -0.2) is 4.79 Å². The lowest BCUT2D eigenvalue weighted by molar-refractivity contribution is -0.141. The Labute approximate surface area is 91.4 Å². The molecule has 0 atom stereocenters. The van der Waals surface area contributed by atoms with Crippen molar-refractivity contribution in [2.45, 2.75) is 0 Å². The molecular formula is C9H11N3O4. The van der Waals surface area contributed by atoms with Crippen molar-refractivity contribution in [3.8, 4) is 0 Å². The summed E-state index contributed by atoms with van der Waals surface area (Å²) < 4.78 is 0. The topological polar surface area (TPSA) is 101 Å². The maximum Gasteiger partial charge on any atom is 0.332 e. The minimum absolute atomic E-state index is 0.214. The Bertz CT molecular complexity index is 394. The van der Waals surface area contributed by atoms with Gasteiger partial charge in [-0.15, -0.1) is 0 Å². The third kappa shape index (κ3) is 3.54. The van der Waals surface area contributed by atoms with Crippen LogP contribution in [0.5, 0.6) is 0 Å². The Morgan fingerprint density at radius 3 is 2.94 bits per heavy atom. The maximum atomic E-state index is 11.2. The van der Waals surface area contributed by atoms with Gasteiger partial charge in [0.2, 0.25) is 0 Å². The number of nitrogens with zero attached hydrogens (tertiary/aromatic N) is 1. The average molecular weight is 225 g/mol. The molecule has 0 aliphatic rings. The van der Waals surface area contributed by atoms with Crippen molar-refractivity contribution in [2.75, 3.05) is 19.1 Å². The second-order valence-corrected chi connectivity index (χ2v) is 2.79. The van der Waals surface area contributed by atoms with E-state index < -0.39 is 12.6 Å². The summed E-state index contributed by atoms with van der Waals surface area (Å²) in [6.07, 6.45) is 1.41. The molecule has 86 valence electrons. The average Bonchev–Trinajstić information content (AvgIpc) is 2.28. The predicted molar refractivity (Wildman–Crippen MR) is 54.8 cm³/mol. The fraction of sp³-hybridized carbons (Fsp3) is 0.222. The van der Waals surface area contributed by atoms with Crippen LogP contribution in [0.4, 0.5) is 5.69 Å². The highest BCUT2D eigenvalue weighted by atomic mass is 16.7. The fourth-order valence-corrected chi connectivity index (χ4v) is 0.927. The molecule has 1 rings (SSSR count). The normalized spacial score (nSPS) is 9.56. The number of carboxylic acids is 1. The van der Waals surface area contributed by atoms with E-state index in [1.54, 1.807) is 6.07 Å². The van der Waals surface area contributed by atoms with Crippen molar-refractivity contribution in [1.29, 1.82) is 0 Å². The summed E-state index contributed by atoms with van der Waals surface area (Å²) in [6, 6.07) is 3.00. The van der Waals surface area contributed by atoms with Crippen LogP contribution >= 0.6 is 0 Å². The number of nitrogens with one attached hydrogen (secondary N) is 2. The van der Waals surface area contributed by atoms with Gasteiger partial charge in [-0.05, 0) is 12.1 Å². The maximum absolute atomic E-state index is 11.2. The Kier molecular flexibility index (Phi) is 4.22. The molecule has 7 heteroatoms. The van der Waals surface area contributed by atoms with Gasteiger partial charge in [0, 0.05) is 13.2 Å². The number of hydrogen-bond donors (Lipinski definition) is 3. The quantitative estimate of drug-likeness (QED) is 0.603. The molecule has 0 bridgehead atoms. The van der Waals surface area contributed by atoms with E-state index in [2.05, 4.69) is 20.6 Å². The Balaban J connectivity index is 2.60. The highest BCUT2D eigenvalue weighted by molar-refractivity contribution is 5.92. The Morgan fingerprint density at radius 1 is 1.56 bits per heavy atom. The molecule has 3 N–H and O–H groups in total. The van der Waals surface area contributed by atoms with Crippen LogP contribution in [0.25, 0.3) is 0 Å². The number of pyridine rings is 1. The predicted octanol–water partition coefficient (Wildman–Crippen LogP) is -0.131. The van der Waals surface area contributed by atoms with E-state index >= 15 is 0 Å². The Morgan fingerprint density at radius 2 is 2.31 bits per heavy atom. The zero-order valence-electron chi connectivity index (χ0n) is 8.56. The molecule has 0 radical (unpaired) electrons. The van der Waals surface area contributed by atoms with E-state index in [1.807, 2.05) is 0 Å². The third-order valence-electron chi connectivity index (χ3n) is 1.61. The van der Waals surface area contributed by atoms with Gasteiger partial charge >= 0.3 is 5.97 Å². The molecule has 0 fully saturated rings. The zero-order valence-corrected chi connectivity index (χ0v) is 8.56. The molecule has 0 spiro atoms. The zero-order chi connectivity index (χ0) is 12.0. The van der Waals surface area contributed by atoms with Crippen molar-refractivity contribution in [1.82, 2.24) is 10.3 Å². The van der Waals surface area contributed by atoms with Crippen LogP contribution in [0, 0.1) is 0 Å². The molecule has 0 aliphatic heterocycles. The molecular weight excluding hydrogens is 214 g/mol. The number of aliphatic carboxylic acids is 1. The van der Waals surface area contributed by atoms with E-state index in [0.29, 0.717) is 5.69 Å². The van der Waals surface area contributed by atoms with Crippen molar-refractivity contribution in [3.05, 3.63) is 24.0 Å². The van der Waals surface area contributed by atoms with Crippen molar-refractivity contribution in [3.63, 3.8) is 0 Å². The highest BCUT2D eigenvalue weighted by Gasteiger charge is 2.05. The van der Waals surface area contributed by atoms with E-state index in [9.17, 15) is 9.59 Å². The van der Waals surface area contributed by atoms with Gasteiger partial charge in [0.1, 0.15) is 5.69 Å². The number of hydrogen-bond acceptors (Lipinski definition) is 5. The van der Waals surface area contributed by atoms with Gasteiger partial charge in [0.05, 0.1) is 5.69 Å². The van der Waals surface area contributed by atoms with Gasteiger partial charge in [-0.3, -0.25) is 20.1 Å². The summed E-state index contributed by atoms with van der Waals surface area (Å²) in [4.78, 5) is 29.9. The molecule has 0 aliphatic carbocycles. The molecule has 1 heterocycles. The SMILES string of the molecule is CNC(=O)c1cc(NOCC(=O)O)ccn1. The summed E-state index contributed by atoms with van der Waals surface area (Å²) in [7, 11) is 1.49. The second-order valence-electron chi connectivity index (χ2n) is 2.79. The van der Waals surface area contributed by atoms with Crippen LogP contribution in [-0.4, -0.2) is 35.6 Å². The second kappa shape index (κ2) is 5.66. The van der Waals surface area contributed by atoms with Gasteiger partial charge in [-0.2, -0.15) is 0 Å². The number of carbonyl (C=O) groups excluding carboxylic acids is 1.